The number of hydrogen-bond donors (Lipinski definition) is 1. The van der Waals surface area contributed by atoms with Gasteiger partial charge in [-0.1, -0.05) is 17.7 Å². The van der Waals surface area contributed by atoms with Crippen LogP contribution in [0.15, 0.2) is 36.7 Å². The van der Waals surface area contributed by atoms with Crippen LogP contribution >= 0.6 is 11.6 Å². The van der Waals surface area contributed by atoms with Crippen molar-refractivity contribution in [1.29, 1.82) is 0 Å². The second kappa shape index (κ2) is 5.91. The molecule has 0 saturated heterocycles. The number of nitrogens with zero attached hydrogens (tertiary/aromatic N) is 2. The molecule has 0 saturated carbocycles. The quantitative estimate of drug-likeness (QED) is 0.925. The highest BCUT2D eigenvalue weighted by Crippen LogP contribution is 2.42. The van der Waals surface area contributed by atoms with Crippen LogP contribution in [0.2, 0.25) is 5.02 Å². The van der Waals surface area contributed by atoms with E-state index in [2.05, 4.69) is 10.3 Å². The van der Waals surface area contributed by atoms with Crippen molar-refractivity contribution >= 4 is 34.8 Å². The molecule has 0 aliphatic carbocycles. The fraction of sp³-hybridized carbons (Fsp3) is 0.278. The van der Waals surface area contributed by atoms with Crippen molar-refractivity contribution in [2.45, 2.75) is 26.2 Å². The number of nitrogens with one attached hydrogen (secondary N) is 1. The van der Waals surface area contributed by atoms with E-state index in [0.29, 0.717) is 22.8 Å². The highest BCUT2D eigenvalue weighted by atomic mass is 35.5. The van der Waals surface area contributed by atoms with Gasteiger partial charge in [0.05, 0.1) is 16.0 Å². The molecular weight excluding hydrogens is 326 g/mol. The summed E-state index contributed by atoms with van der Waals surface area (Å²) in [4.78, 5) is 30.5. The van der Waals surface area contributed by atoms with Crippen molar-refractivity contribution in [2.24, 2.45) is 0 Å². The molecule has 0 spiro atoms. The van der Waals surface area contributed by atoms with Gasteiger partial charge in [-0.2, -0.15) is 0 Å². The van der Waals surface area contributed by atoms with Crippen molar-refractivity contribution < 1.29 is 9.59 Å². The number of pyridine rings is 1. The van der Waals surface area contributed by atoms with Gasteiger partial charge in [0.2, 0.25) is 5.91 Å². The summed E-state index contributed by atoms with van der Waals surface area (Å²) < 4.78 is 0. The first-order chi connectivity index (χ1) is 11.4. The zero-order valence-corrected chi connectivity index (χ0v) is 14.5. The number of likely N-dealkylation sites (N-methyl/N-ethyl adjacent to an activating group) is 1. The SMILES string of the molecule is CCN1C(=O)C(C)(C)c2ccc(NC(=O)c3ccncc3Cl)cc21. The van der Waals surface area contributed by atoms with Gasteiger partial charge in [0.15, 0.2) is 0 Å². The van der Waals surface area contributed by atoms with E-state index in [1.165, 1.54) is 12.4 Å². The molecule has 2 aromatic rings. The minimum atomic E-state index is -0.553. The molecule has 0 unspecified atom stereocenters. The number of amides is 2. The Bertz CT molecular complexity index is 833. The molecule has 24 heavy (non-hydrogen) atoms. The van der Waals surface area contributed by atoms with E-state index in [9.17, 15) is 9.59 Å². The Labute approximate surface area is 145 Å². The lowest BCUT2D eigenvalue weighted by molar-refractivity contribution is -0.122. The highest BCUT2D eigenvalue weighted by molar-refractivity contribution is 6.34. The van der Waals surface area contributed by atoms with Crippen molar-refractivity contribution in [3.63, 3.8) is 0 Å². The highest BCUT2D eigenvalue weighted by Gasteiger charge is 2.43. The number of carbonyl (C=O) groups excluding carboxylic acids is 2. The van der Waals surface area contributed by atoms with E-state index in [1.807, 2.05) is 32.9 Å². The van der Waals surface area contributed by atoms with Crippen LogP contribution in [0.5, 0.6) is 0 Å². The van der Waals surface area contributed by atoms with Crippen LogP contribution in [0.4, 0.5) is 11.4 Å². The zero-order valence-electron chi connectivity index (χ0n) is 13.8. The molecule has 0 radical (unpaired) electrons. The minimum Gasteiger partial charge on any atom is -0.322 e. The van der Waals surface area contributed by atoms with Crippen LogP contribution in [0.25, 0.3) is 0 Å². The summed E-state index contributed by atoms with van der Waals surface area (Å²) in [5, 5.41) is 3.12. The van der Waals surface area contributed by atoms with Crippen molar-refractivity contribution in [1.82, 2.24) is 4.98 Å². The average molecular weight is 344 g/mol. The molecule has 6 heteroatoms. The van der Waals surface area contributed by atoms with Gasteiger partial charge >= 0.3 is 0 Å². The third kappa shape index (κ3) is 2.55. The van der Waals surface area contributed by atoms with Crippen LogP contribution < -0.4 is 10.2 Å². The number of halogens is 1. The van der Waals surface area contributed by atoms with Gasteiger partial charge in [0.25, 0.3) is 5.91 Å². The Morgan fingerprint density at radius 2 is 2.08 bits per heavy atom. The Morgan fingerprint density at radius 1 is 1.33 bits per heavy atom. The second-order valence-corrected chi connectivity index (χ2v) is 6.62. The van der Waals surface area contributed by atoms with Gasteiger partial charge in [-0.25, -0.2) is 0 Å². The van der Waals surface area contributed by atoms with Gasteiger partial charge in [0.1, 0.15) is 0 Å². The first-order valence-electron chi connectivity index (χ1n) is 7.73. The van der Waals surface area contributed by atoms with E-state index >= 15 is 0 Å². The third-order valence-corrected chi connectivity index (χ3v) is 4.63. The Morgan fingerprint density at radius 3 is 2.75 bits per heavy atom. The normalized spacial score (nSPS) is 15.3. The van der Waals surface area contributed by atoms with Gasteiger partial charge in [-0.3, -0.25) is 14.6 Å². The number of rotatable bonds is 3. The monoisotopic (exact) mass is 343 g/mol. The molecule has 1 aromatic heterocycles. The van der Waals surface area contributed by atoms with E-state index in [-0.39, 0.29) is 11.8 Å². The molecule has 2 amide bonds. The number of anilines is 2. The van der Waals surface area contributed by atoms with E-state index in [0.717, 1.165) is 11.3 Å². The summed E-state index contributed by atoms with van der Waals surface area (Å²) >= 11 is 6.01. The minimum absolute atomic E-state index is 0.0701. The number of carbonyl (C=O) groups is 2. The van der Waals surface area contributed by atoms with Crippen molar-refractivity contribution in [2.75, 3.05) is 16.8 Å². The lowest BCUT2D eigenvalue weighted by Crippen LogP contribution is -2.35. The van der Waals surface area contributed by atoms with Gasteiger partial charge in [-0.05, 0) is 44.5 Å². The molecule has 0 bridgehead atoms. The van der Waals surface area contributed by atoms with Crippen molar-refractivity contribution in [3.8, 4) is 0 Å². The second-order valence-electron chi connectivity index (χ2n) is 6.22. The summed E-state index contributed by atoms with van der Waals surface area (Å²) in [6.07, 6.45) is 2.95. The topological polar surface area (TPSA) is 62.3 Å². The maximum Gasteiger partial charge on any atom is 0.257 e. The predicted molar refractivity (Wildman–Crippen MR) is 94.7 cm³/mol. The van der Waals surface area contributed by atoms with Crippen LogP contribution in [0, 0.1) is 0 Å². The number of aromatic nitrogens is 1. The fourth-order valence-electron chi connectivity index (χ4n) is 2.99. The maximum atomic E-state index is 12.5. The number of fused-ring (bicyclic) bond motifs is 1. The molecule has 0 fully saturated rings. The molecule has 1 aliphatic rings. The molecule has 2 heterocycles. The number of hydrogen-bond acceptors (Lipinski definition) is 3. The molecule has 1 aromatic carbocycles. The van der Waals surface area contributed by atoms with Gasteiger partial charge in [-0.15, -0.1) is 0 Å². The third-order valence-electron chi connectivity index (χ3n) is 4.33. The molecular formula is C18H18ClN3O2. The summed E-state index contributed by atoms with van der Waals surface area (Å²) in [5.41, 5.74) is 2.23. The lowest BCUT2D eigenvalue weighted by Gasteiger charge is -2.18. The molecule has 3 rings (SSSR count). The Kier molecular flexibility index (Phi) is 4.05. The molecule has 5 nitrogen and oxygen atoms in total. The molecule has 1 aliphatic heterocycles. The van der Waals surface area contributed by atoms with Crippen molar-refractivity contribution in [3.05, 3.63) is 52.8 Å². The van der Waals surface area contributed by atoms with Crippen LogP contribution in [-0.4, -0.2) is 23.3 Å². The van der Waals surface area contributed by atoms with Crippen LogP contribution in [0.1, 0.15) is 36.7 Å². The standard InChI is InChI=1S/C18H18ClN3O2/c1-4-22-15-9-11(5-6-13(15)18(2,3)17(22)24)21-16(23)12-7-8-20-10-14(12)19/h5-10H,4H2,1-3H3,(H,21,23). The zero-order chi connectivity index (χ0) is 17.5. The smallest absolute Gasteiger partial charge is 0.257 e. The van der Waals surface area contributed by atoms with E-state index in [1.54, 1.807) is 17.0 Å². The largest absolute Gasteiger partial charge is 0.322 e. The van der Waals surface area contributed by atoms with Crippen LogP contribution in [-0.2, 0) is 10.2 Å². The first kappa shape index (κ1) is 16.5. The molecule has 124 valence electrons. The van der Waals surface area contributed by atoms with E-state index in [4.69, 9.17) is 11.6 Å². The van der Waals surface area contributed by atoms with Gasteiger partial charge in [0, 0.05) is 30.3 Å². The summed E-state index contributed by atoms with van der Waals surface area (Å²) in [5.74, 6) is -0.241. The fourth-order valence-corrected chi connectivity index (χ4v) is 3.20. The Balaban J connectivity index is 1.93. The predicted octanol–water partition coefficient (Wildman–Crippen LogP) is 3.63. The summed E-state index contributed by atoms with van der Waals surface area (Å²) in [7, 11) is 0. The van der Waals surface area contributed by atoms with Crippen LogP contribution in [0.3, 0.4) is 0 Å². The summed E-state index contributed by atoms with van der Waals surface area (Å²) in [6, 6.07) is 7.10. The molecule has 0 atom stereocenters. The first-order valence-corrected chi connectivity index (χ1v) is 8.11. The van der Waals surface area contributed by atoms with Gasteiger partial charge < -0.3 is 10.2 Å². The number of benzene rings is 1. The van der Waals surface area contributed by atoms with E-state index < -0.39 is 5.41 Å². The maximum absolute atomic E-state index is 12.5. The summed E-state index contributed by atoms with van der Waals surface area (Å²) in [6.45, 7) is 6.35. The lowest BCUT2D eigenvalue weighted by atomic mass is 9.86. The Hall–Kier alpha value is -2.40. The average Bonchev–Trinajstić information content (AvgIpc) is 2.74. The molecule has 1 N–H and O–H groups in total.